The second kappa shape index (κ2) is 4.87. The highest BCUT2D eigenvalue weighted by Crippen LogP contribution is 2.29. The van der Waals surface area contributed by atoms with E-state index in [1.165, 1.54) is 0 Å². The van der Waals surface area contributed by atoms with Gasteiger partial charge in [-0.3, -0.25) is 4.79 Å². The Morgan fingerprint density at radius 2 is 1.86 bits per heavy atom. The van der Waals surface area contributed by atoms with Gasteiger partial charge >= 0.3 is 11.5 Å². The predicted molar refractivity (Wildman–Crippen MR) is 44.8 cm³/mol. The van der Waals surface area contributed by atoms with Gasteiger partial charge in [0, 0.05) is 5.75 Å². The maximum atomic E-state index is 11.5. The molecule has 0 saturated heterocycles. The Hall–Kier alpha value is -0.440. The fourth-order valence-corrected chi connectivity index (χ4v) is 2.65. The molecule has 0 rings (SSSR count). The van der Waals surface area contributed by atoms with Gasteiger partial charge in [-0.1, -0.05) is 0 Å². The molecule has 0 unspecified atom stereocenters. The quantitative estimate of drug-likeness (QED) is 0.781. The van der Waals surface area contributed by atoms with Gasteiger partial charge in [-0.15, -0.1) is 0 Å². The van der Waals surface area contributed by atoms with Crippen LogP contribution in [0.2, 0.25) is 0 Å². The summed E-state index contributed by atoms with van der Waals surface area (Å²) in [4.78, 5) is 9.97. The van der Waals surface area contributed by atoms with Gasteiger partial charge in [0.25, 0.3) is 0 Å². The summed E-state index contributed by atoms with van der Waals surface area (Å²) in [6.07, 6.45) is 0. The molecule has 0 aromatic carbocycles. The van der Waals surface area contributed by atoms with E-state index < -0.39 is 50.3 Å². The Morgan fingerprint density at radius 3 is 2.21 bits per heavy atom. The fourth-order valence-electron chi connectivity index (χ4n) is 0.545. The third-order valence-electron chi connectivity index (χ3n) is 1.00. The molecule has 0 heterocycles. The Kier molecular flexibility index (Phi) is 4.72. The van der Waals surface area contributed by atoms with E-state index >= 15 is 0 Å². The van der Waals surface area contributed by atoms with E-state index in [1.54, 1.807) is 0 Å². The van der Waals surface area contributed by atoms with E-state index in [1.807, 2.05) is 0 Å². The van der Waals surface area contributed by atoms with Gasteiger partial charge in [-0.05, 0) is 11.8 Å². The minimum atomic E-state index is -4.49. The highest BCUT2D eigenvalue weighted by molar-refractivity contribution is 8.01. The van der Waals surface area contributed by atoms with Crippen LogP contribution in [0.1, 0.15) is 0 Å². The summed E-state index contributed by atoms with van der Waals surface area (Å²) in [5.41, 5.74) is -4.49. The highest BCUT2D eigenvalue weighted by atomic mass is 32.2. The molecule has 0 bridgehead atoms. The van der Waals surface area contributed by atoms with E-state index in [2.05, 4.69) is 0 Å². The van der Waals surface area contributed by atoms with Gasteiger partial charge < -0.3 is 5.11 Å². The zero-order valence-corrected chi connectivity index (χ0v) is 8.38. The van der Waals surface area contributed by atoms with Crippen LogP contribution in [-0.2, 0) is 14.6 Å². The summed E-state index contributed by atoms with van der Waals surface area (Å²) in [5, 5.41) is 8.10. The lowest BCUT2D eigenvalue weighted by Gasteiger charge is -2.04. The minimum Gasteiger partial charge on any atom is -0.480 e. The number of alkyl halides is 3. The summed E-state index contributed by atoms with van der Waals surface area (Å²) in [5.74, 6) is -4.17. The number of carboxylic acid groups (broad SMARTS) is 1. The lowest BCUT2D eigenvalue weighted by atomic mass is 10.8. The number of aliphatic carboxylic acids is 1. The van der Waals surface area contributed by atoms with Crippen LogP contribution in [0.3, 0.4) is 0 Å². The number of carbonyl (C=O) groups is 1. The summed E-state index contributed by atoms with van der Waals surface area (Å²) < 4.78 is 56.2. The normalized spacial score (nSPS) is 12.8. The predicted octanol–water partition coefficient (Wildman–Crippen LogP) is 0.739. The molecule has 4 nitrogen and oxygen atoms in total. The van der Waals surface area contributed by atoms with Crippen LogP contribution in [0.15, 0.2) is 0 Å². The number of sulfone groups is 1. The Morgan fingerprint density at radius 1 is 1.36 bits per heavy atom. The standard InChI is InChI=1S/C5H7F3O4S2/c6-5(7,8)13-1-2-14(11,12)3-4(9)10/h1-3H2,(H,9,10). The topological polar surface area (TPSA) is 71.4 Å². The molecule has 14 heavy (non-hydrogen) atoms. The molecule has 0 aromatic heterocycles. The van der Waals surface area contributed by atoms with Gasteiger partial charge in [0.15, 0.2) is 9.84 Å². The monoisotopic (exact) mass is 252 g/mol. The zero-order valence-electron chi connectivity index (χ0n) is 6.74. The van der Waals surface area contributed by atoms with Crippen LogP contribution in [0, 0.1) is 0 Å². The fraction of sp³-hybridized carbons (Fsp3) is 0.800. The number of halogens is 3. The molecule has 0 spiro atoms. The van der Waals surface area contributed by atoms with E-state index in [4.69, 9.17) is 5.11 Å². The zero-order chi connectivity index (χ0) is 11.4. The molecule has 0 atom stereocenters. The first-order valence-electron chi connectivity index (χ1n) is 3.25. The summed E-state index contributed by atoms with van der Waals surface area (Å²) in [6, 6.07) is 0. The van der Waals surface area contributed by atoms with Crippen LogP contribution in [0.25, 0.3) is 0 Å². The SMILES string of the molecule is O=C(O)CS(=O)(=O)CCSC(F)(F)F. The lowest BCUT2D eigenvalue weighted by molar-refractivity contribution is -0.134. The van der Waals surface area contributed by atoms with Crippen LogP contribution in [0.4, 0.5) is 13.2 Å². The van der Waals surface area contributed by atoms with Crippen molar-refractivity contribution < 1.29 is 31.5 Å². The van der Waals surface area contributed by atoms with E-state index in [9.17, 15) is 26.4 Å². The maximum absolute atomic E-state index is 11.5. The maximum Gasteiger partial charge on any atom is 0.441 e. The van der Waals surface area contributed by atoms with Gasteiger partial charge in [0.05, 0.1) is 5.75 Å². The number of hydrogen-bond donors (Lipinski definition) is 1. The minimum absolute atomic E-state index is 0.485. The van der Waals surface area contributed by atoms with Gasteiger partial charge in [-0.2, -0.15) is 13.2 Å². The van der Waals surface area contributed by atoms with Crippen molar-refractivity contribution in [1.82, 2.24) is 0 Å². The van der Waals surface area contributed by atoms with E-state index in [0.717, 1.165) is 0 Å². The van der Waals surface area contributed by atoms with Crippen LogP contribution < -0.4 is 0 Å². The van der Waals surface area contributed by atoms with Crippen molar-refractivity contribution in [1.29, 1.82) is 0 Å². The Labute approximate surface area is 82.4 Å². The van der Waals surface area contributed by atoms with E-state index in [0.29, 0.717) is 0 Å². The molecule has 0 aromatic rings. The smallest absolute Gasteiger partial charge is 0.441 e. The average Bonchev–Trinajstić information content (AvgIpc) is 1.78. The molecule has 0 saturated carbocycles. The summed E-state index contributed by atoms with van der Waals surface area (Å²) in [6.45, 7) is 0. The molecule has 0 aliphatic heterocycles. The van der Waals surface area contributed by atoms with Crippen molar-refractivity contribution in [3.8, 4) is 0 Å². The third kappa shape index (κ3) is 8.17. The molecule has 0 aliphatic rings. The first-order valence-corrected chi connectivity index (χ1v) is 6.06. The Balaban J connectivity index is 3.96. The lowest BCUT2D eigenvalue weighted by Crippen LogP contribution is -2.20. The van der Waals surface area contributed by atoms with E-state index in [-0.39, 0.29) is 0 Å². The first-order chi connectivity index (χ1) is 6.12. The van der Waals surface area contributed by atoms with Crippen molar-refractivity contribution in [2.75, 3.05) is 17.3 Å². The van der Waals surface area contributed by atoms with Crippen molar-refractivity contribution in [2.24, 2.45) is 0 Å². The number of rotatable bonds is 5. The van der Waals surface area contributed by atoms with Crippen molar-refractivity contribution in [2.45, 2.75) is 5.51 Å². The van der Waals surface area contributed by atoms with Crippen LogP contribution >= 0.6 is 11.8 Å². The van der Waals surface area contributed by atoms with Gasteiger partial charge in [0.1, 0.15) is 5.75 Å². The third-order valence-corrected chi connectivity index (χ3v) is 3.51. The van der Waals surface area contributed by atoms with Crippen molar-refractivity contribution >= 4 is 27.6 Å². The molecular weight excluding hydrogens is 245 g/mol. The number of hydrogen-bond acceptors (Lipinski definition) is 4. The van der Waals surface area contributed by atoms with Gasteiger partial charge in [-0.25, -0.2) is 8.42 Å². The van der Waals surface area contributed by atoms with Gasteiger partial charge in [0.2, 0.25) is 0 Å². The molecule has 0 radical (unpaired) electrons. The molecule has 0 amide bonds. The molecule has 9 heteroatoms. The van der Waals surface area contributed by atoms with Crippen molar-refractivity contribution in [3.05, 3.63) is 0 Å². The second-order valence-corrected chi connectivity index (χ2v) is 5.62. The van der Waals surface area contributed by atoms with Crippen LogP contribution in [0.5, 0.6) is 0 Å². The Bertz CT molecular complexity index is 295. The molecule has 84 valence electrons. The van der Waals surface area contributed by atoms with Crippen LogP contribution in [-0.4, -0.2) is 42.3 Å². The number of carboxylic acids is 1. The molecular formula is C5H7F3O4S2. The average molecular weight is 252 g/mol. The molecule has 0 fully saturated rings. The first kappa shape index (κ1) is 13.6. The highest BCUT2D eigenvalue weighted by Gasteiger charge is 2.29. The summed E-state index contributed by atoms with van der Waals surface area (Å²) >= 11 is -0.485. The number of thioether (sulfide) groups is 1. The largest absolute Gasteiger partial charge is 0.480 e. The second-order valence-electron chi connectivity index (χ2n) is 2.28. The molecule has 1 N–H and O–H groups in total. The summed E-state index contributed by atoms with van der Waals surface area (Å²) in [7, 11) is -3.92. The van der Waals surface area contributed by atoms with Crippen molar-refractivity contribution in [3.63, 3.8) is 0 Å². The molecule has 0 aliphatic carbocycles.